The highest BCUT2D eigenvalue weighted by atomic mass is 32.2. The topological polar surface area (TPSA) is 91.0 Å². The molecule has 1 aromatic heterocycles. The maximum atomic E-state index is 13.6. The first-order chi connectivity index (χ1) is 18.9. The normalized spacial score (nSPS) is 18.4. The Hall–Kier alpha value is -3.33. The Morgan fingerprint density at radius 3 is 2.56 bits per heavy atom. The van der Waals surface area contributed by atoms with Gasteiger partial charge in [-0.3, -0.25) is 19.1 Å². The second kappa shape index (κ2) is 11.4. The van der Waals surface area contributed by atoms with Crippen molar-refractivity contribution in [1.82, 2.24) is 14.4 Å². The smallest absolute Gasteiger partial charge is 0.270 e. The van der Waals surface area contributed by atoms with E-state index in [9.17, 15) is 14.9 Å². The molecule has 0 saturated carbocycles. The molecule has 4 heterocycles. The first kappa shape index (κ1) is 27.2. The maximum Gasteiger partial charge on any atom is 0.270 e. The summed E-state index contributed by atoms with van der Waals surface area (Å²) in [5.41, 5.74) is 2.03. The second-order valence-electron chi connectivity index (χ2n) is 9.68. The fourth-order valence-corrected chi connectivity index (χ4v) is 6.42. The van der Waals surface area contributed by atoms with Crippen LogP contribution in [0.4, 0.5) is 5.82 Å². The molecule has 39 heavy (non-hydrogen) atoms. The van der Waals surface area contributed by atoms with Gasteiger partial charge < -0.3 is 19.3 Å². The van der Waals surface area contributed by atoms with Crippen molar-refractivity contribution in [2.45, 2.75) is 40.3 Å². The van der Waals surface area contributed by atoms with E-state index in [4.69, 9.17) is 21.7 Å². The lowest BCUT2D eigenvalue weighted by atomic mass is 10.0. The number of rotatable bonds is 7. The van der Waals surface area contributed by atoms with E-state index in [0.717, 1.165) is 56.1 Å². The van der Waals surface area contributed by atoms with Gasteiger partial charge in [0.15, 0.2) is 11.5 Å². The van der Waals surface area contributed by atoms with Gasteiger partial charge in [-0.1, -0.05) is 43.9 Å². The third kappa shape index (κ3) is 5.16. The maximum absolute atomic E-state index is 13.6. The van der Waals surface area contributed by atoms with Crippen LogP contribution in [0.1, 0.15) is 42.5 Å². The van der Waals surface area contributed by atoms with Gasteiger partial charge in [0.25, 0.3) is 11.5 Å². The van der Waals surface area contributed by atoms with Crippen molar-refractivity contribution < 1.29 is 14.3 Å². The lowest BCUT2D eigenvalue weighted by Gasteiger charge is -2.37. The predicted molar refractivity (Wildman–Crippen MR) is 156 cm³/mol. The molecule has 0 radical (unpaired) electrons. The minimum Gasteiger partial charge on any atom is -0.454 e. The SMILES string of the molecule is CCCn1c(N2CCN(CC)CC2)c(/C=C2\SC(=S)N(Cc3ccc4c(c3)OCO4)C2=O)c(C)c(C#N)c1=O. The van der Waals surface area contributed by atoms with Crippen molar-refractivity contribution in [2.75, 3.05) is 44.4 Å². The molecule has 2 aromatic rings. The summed E-state index contributed by atoms with van der Waals surface area (Å²) in [5, 5.41) is 9.89. The van der Waals surface area contributed by atoms with Crippen molar-refractivity contribution in [1.29, 1.82) is 5.26 Å². The molecule has 0 N–H and O–H groups in total. The fraction of sp³-hybridized carbons (Fsp3) is 0.429. The Balaban J connectivity index is 1.54. The minimum atomic E-state index is -0.280. The molecule has 9 nitrogen and oxygen atoms in total. The number of aromatic nitrogens is 1. The van der Waals surface area contributed by atoms with Crippen molar-refractivity contribution in [3.8, 4) is 17.6 Å². The van der Waals surface area contributed by atoms with Crippen LogP contribution in [0.5, 0.6) is 11.5 Å². The van der Waals surface area contributed by atoms with E-state index >= 15 is 0 Å². The Kier molecular flexibility index (Phi) is 7.98. The van der Waals surface area contributed by atoms with Crippen LogP contribution in [-0.4, -0.2) is 64.1 Å². The lowest BCUT2D eigenvalue weighted by Crippen LogP contribution is -2.48. The molecule has 0 atom stereocenters. The molecule has 11 heteroatoms. The van der Waals surface area contributed by atoms with Gasteiger partial charge >= 0.3 is 0 Å². The molecule has 0 unspecified atom stereocenters. The van der Waals surface area contributed by atoms with Gasteiger partial charge in [-0.15, -0.1) is 0 Å². The highest BCUT2D eigenvalue weighted by molar-refractivity contribution is 8.26. The third-order valence-electron chi connectivity index (χ3n) is 7.34. The number of piperazine rings is 1. The molecule has 3 aliphatic heterocycles. The number of nitrogens with zero attached hydrogens (tertiary/aromatic N) is 5. The lowest BCUT2D eigenvalue weighted by molar-refractivity contribution is -0.122. The summed E-state index contributed by atoms with van der Waals surface area (Å²) >= 11 is 6.85. The van der Waals surface area contributed by atoms with E-state index in [1.165, 1.54) is 11.8 Å². The number of likely N-dealkylation sites (N-methyl/N-ethyl adjacent to an activating group) is 1. The van der Waals surface area contributed by atoms with Crippen LogP contribution in [0, 0.1) is 18.3 Å². The van der Waals surface area contributed by atoms with Gasteiger partial charge in [0.1, 0.15) is 21.8 Å². The number of thioether (sulfide) groups is 1. The molecule has 1 aromatic carbocycles. The molecule has 204 valence electrons. The number of anilines is 1. The monoisotopic (exact) mass is 565 g/mol. The summed E-state index contributed by atoms with van der Waals surface area (Å²) in [6, 6.07) is 7.71. The fourth-order valence-electron chi connectivity index (χ4n) is 5.18. The molecule has 1 amide bonds. The number of carbonyl (C=O) groups excluding carboxylic acids is 1. The number of carbonyl (C=O) groups is 1. The molecular weight excluding hydrogens is 534 g/mol. The molecule has 2 saturated heterocycles. The van der Waals surface area contributed by atoms with E-state index in [0.29, 0.717) is 39.4 Å². The van der Waals surface area contributed by atoms with Crippen molar-refractivity contribution in [3.05, 3.63) is 55.7 Å². The number of hydrogen-bond donors (Lipinski definition) is 0. The van der Waals surface area contributed by atoms with E-state index in [1.807, 2.05) is 31.2 Å². The van der Waals surface area contributed by atoms with Crippen LogP contribution in [-0.2, 0) is 17.9 Å². The highest BCUT2D eigenvalue weighted by Crippen LogP contribution is 2.38. The number of thiocarbonyl (C=S) groups is 1. The molecule has 0 spiro atoms. The van der Waals surface area contributed by atoms with Crippen LogP contribution in [0.3, 0.4) is 0 Å². The van der Waals surface area contributed by atoms with E-state index < -0.39 is 0 Å². The first-order valence-electron chi connectivity index (χ1n) is 13.1. The standard InChI is InChI=1S/C28H31N5O4S2/c1-4-8-32-25(31-11-9-30(5-2)10-12-31)20(18(3)21(15-29)26(32)34)14-24-27(35)33(28(38)39-24)16-19-6-7-22-23(13-19)37-17-36-22/h6-7,13-14H,4-5,8-12,16-17H2,1-3H3/b24-14-. The number of amides is 1. The summed E-state index contributed by atoms with van der Waals surface area (Å²) in [4.78, 5) is 33.6. The molecule has 3 aliphatic rings. The Morgan fingerprint density at radius 1 is 1.13 bits per heavy atom. The van der Waals surface area contributed by atoms with Crippen molar-refractivity contribution in [2.24, 2.45) is 0 Å². The van der Waals surface area contributed by atoms with Crippen molar-refractivity contribution >= 4 is 46.1 Å². The second-order valence-corrected chi connectivity index (χ2v) is 11.4. The summed E-state index contributed by atoms with van der Waals surface area (Å²) in [7, 11) is 0. The van der Waals surface area contributed by atoms with Crippen molar-refractivity contribution in [3.63, 3.8) is 0 Å². The molecule has 2 fully saturated rings. The Bertz CT molecular complexity index is 1450. The average molecular weight is 566 g/mol. The summed E-state index contributed by atoms with van der Waals surface area (Å²) < 4.78 is 13.0. The van der Waals surface area contributed by atoms with Gasteiger partial charge in [0, 0.05) is 38.3 Å². The largest absolute Gasteiger partial charge is 0.454 e. The number of nitriles is 1. The van der Waals surface area contributed by atoms with E-state index in [2.05, 4.69) is 22.8 Å². The summed E-state index contributed by atoms with van der Waals surface area (Å²) in [6.45, 7) is 11.2. The summed E-state index contributed by atoms with van der Waals surface area (Å²) in [5.74, 6) is 1.91. The van der Waals surface area contributed by atoms with Crippen LogP contribution in [0.25, 0.3) is 6.08 Å². The zero-order chi connectivity index (χ0) is 27.7. The van der Waals surface area contributed by atoms with Gasteiger partial charge in [0.05, 0.1) is 11.4 Å². The number of pyridine rings is 1. The highest BCUT2D eigenvalue weighted by Gasteiger charge is 2.34. The molecular formula is C28H31N5O4S2. The number of fused-ring (bicyclic) bond motifs is 1. The van der Waals surface area contributed by atoms with Gasteiger partial charge in [-0.2, -0.15) is 5.26 Å². The Labute approximate surface area is 237 Å². The molecule has 0 aliphatic carbocycles. The predicted octanol–water partition coefficient (Wildman–Crippen LogP) is 3.71. The van der Waals surface area contributed by atoms with Crippen LogP contribution < -0.4 is 19.9 Å². The van der Waals surface area contributed by atoms with Gasteiger partial charge in [0.2, 0.25) is 6.79 Å². The molecule has 5 rings (SSSR count). The van der Waals surface area contributed by atoms with Gasteiger partial charge in [-0.25, -0.2) is 0 Å². The van der Waals surface area contributed by atoms with E-state index in [1.54, 1.807) is 16.4 Å². The number of ether oxygens (including phenoxy) is 2. The minimum absolute atomic E-state index is 0.112. The average Bonchev–Trinajstić information content (AvgIpc) is 3.51. The van der Waals surface area contributed by atoms with Gasteiger partial charge in [-0.05, 0) is 49.2 Å². The van der Waals surface area contributed by atoms with Crippen LogP contribution in [0.2, 0.25) is 0 Å². The number of benzene rings is 1. The zero-order valence-electron chi connectivity index (χ0n) is 22.4. The van der Waals surface area contributed by atoms with Crippen LogP contribution in [0.15, 0.2) is 27.9 Å². The third-order valence-corrected chi connectivity index (χ3v) is 8.72. The molecule has 0 bridgehead atoms. The van der Waals surface area contributed by atoms with E-state index in [-0.39, 0.29) is 23.8 Å². The Morgan fingerprint density at radius 2 is 1.87 bits per heavy atom. The number of hydrogen-bond acceptors (Lipinski definition) is 9. The first-order valence-corrected chi connectivity index (χ1v) is 14.4. The quantitative estimate of drug-likeness (QED) is 0.368. The zero-order valence-corrected chi connectivity index (χ0v) is 24.0. The summed E-state index contributed by atoms with van der Waals surface area (Å²) in [6.07, 6.45) is 2.56. The van der Waals surface area contributed by atoms with Crippen LogP contribution >= 0.6 is 24.0 Å².